The Morgan fingerprint density at radius 1 is 1.52 bits per heavy atom. The van der Waals surface area contributed by atoms with E-state index < -0.39 is 0 Å². The molecule has 0 radical (unpaired) electrons. The molecule has 1 fully saturated rings. The van der Waals surface area contributed by atoms with Gasteiger partial charge < -0.3 is 14.0 Å². The molecule has 6 heteroatoms. The highest BCUT2D eigenvalue weighted by Gasteiger charge is 2.26. The Morgan fingerprint density at radius 2 is 2.43 bits per heavy atom. The molecule has 1 aliphatic rings. The molecule has 0 bridgehead atoms. The Morgan fingerprint density at radius 3 is 3.19 bits per heavy atom. The summed E-state index contributed by atoms with van der Waals surface area (Å²) in [5.41, 5.74) is 0.694. The number of aryl methyl sites for hydroxylation is 1. The number of hydrogen-bond acceptors (Lipinski definition) is 4. The number of carbonyl (C=O) groups is 1. The summed E-state index contributed by atoms with van der Waals surface area (Å²) in [6, 6.07) is 2.07. The minimum absolute atomic E-state index is 0.117. The van der Waals surface area contributed by atoms with E-state index in [0.717, 1.165) is 38.2 Å². The van der Waals surface area contributed by atoms with Crippen LogP contribution in [0.5, 0.6) is 0 Å². The van der Waals surface area contributed by atoms with Gasteiger partial charge >= 0.3 is 0 Å². The number of hydrogen-bond donors (Lipinski definition) is 0. The van der Waals surface area contributed by atoms with E-state index in [1.165, 1.54) is 6.26 Å². The molecule has 2 aromatic rings. The topological polar surface area (TPSA) is 64.2 Å². The number of aromatic nitrogens is 3. The standard InChI is InChI=1S/C15H20N4O2/c1-2-14-16-6-8-19(14)13-4-3-7-18(11-13)15(20)10-12-5-9-21-17-12/h5-6,8-9,13H,2-4,7,10-11H2,1H3. The van der Waals surface area contributed by atoms with Gasteiger partial charge in [0, 0.05) is 38.0 Å². The number of carbonyl (C=O) groups excluding carboxylic acids is 1. The van der Waals surface area contributed by atoms with Gasteiger partial charge in [0.15, 0.2) is 0 Å². The summed E-state index contributed by atoms with van der Waals surface area (Å²) < 4.78 is 7.00. The Balaban J connectivity index is 1.67. The predicted octanol–water partition coefficient (Wildman–Crippen LogP) is 1.84. The molecule has 3 rings (SSSR count). The molecule has 2 aromatic heterocycles. The maximum atomic E-state index is 12.4. The molecule has 6 nitrogen and oxygen atoms in total. The fourth-order valence-electron chi connectivity index (χ4n) is 2.95. The number of amides is 1. The van der Waals surface area contributed by atoms with Crippen molar-refractivity contribution in [2.45, 2.75) is 38.6 Å². The average molecular weight is 288 g/mol. The van der Waals surface area contributed by atoms with Crippen LogP contribution in [0.25, 0.3) is 0 Å². The first kappa shape index (κ1) is 13.9. The van der Waals surface area contributed by atoms with Gasteiger partial charge in [-0.05, 0) is 12.8 Å². The summed E-state index contributed by atoms with van der Waals surface area (Å²) in [5, 5.41) is 3.81. The van der Waals surface area contributed by atoms with Crippen LogP contribution in [-0.2, 0) is 17.6 Å². The van der Waals surface area contributed by atoms with Crippen molar-refractivity contribution in [3.05, 3.63) is 36.2 Å². The van der Waals surface area contributed by atoms with E-state index in [-0.39, 0.29) is 5.91 Å². The van der Waals surface area contributed by atoms with E-state index in [0.29, 0.717) is 18.2 Å². The highest BCUT2D eigenvalue weighted by molar-refractivity contribution is 5.78. The molecule has 112 valence electrons. The van der Waals surface area contributed by atoms with Gasteiger partial charge in [-0.25, -0.2) is 4.98 Å². The third kappa shape index (κ3) is 2.99. The zero-order chi connectivity index (χ0) is 14.7. The van der Waals surface area contributed by atoms with Crippen LogP contribution in [0.3, 0.4) is 0 Å². The highest BCUT2D eigenvalue weighted by atomic mass is 16.5. The summed E-state index contributed by atoms with van der Waals surface area (Å²) in [6.07, 6.45) is 8.71. The quantitative estimate of drug-likeness (QED) is 0.861. The zero-order valence-electron chi connectivity index (χ0n) is 12.2. The molecule has 0 saturated carbocycles. The molecule has 1 amide bonds. The van der Waals surface area contributed by atoms with Crippen LogP contribution in [0.4, 0.5) is 0 Å². The SMILES string of the molecule is CCc1nccn1C1CCCN(C(=O)Cc2ccon2)C1. The zero-order valence-corrected chi connectivity index (χ0v) is 12.2. The van der Waals surface area contributed by atoms with Crippen LogP contribution in [-0.4, -0.2) is 38.6 Å². The lowest BCUT2D eigenvalue weighted by Crippen LogP contribution is -2.41. The Labute approximate surface area is 123 Å². The van der Waals surface area contributed by atoms with E-state index in [1.54, 1.807) is 6.07 Å². The second-order valence-corrected chi connectivity index (χ2v) is 5.41. The third-order valence-electron chi connectivity index (χ3n) is 4.03. The first-order chi connectivity index (χ1) is 10.3. The predicted molar refractivity (Wildman–Crippen MR) is 76.7 cm³/mol. The van der Waals surface area contributed by atoms with Crippen LogP contribution in [0.1, 0.15) is 37.3 Å². The highest BCUT2D eigenvalue weighted by Crippen LogP contribution is 2.23. The Kier molecular flexibility index (Phi) is 4.03. The molecule has 1 aliphatic heterocycles. The Hall–Kier alpha value is -2.11. The van der Waals surface area contributed by atoms with Crippen LogP contribution in [0.2, 0.25) is 0 Å². The van der Waals surface area contributed by atoms with Crippen LogP contribution < -0.4 is 0 Å². The summed E-state index contributed by atoms with van der Waals surface area (Å²) in [4.78, 5) is 18.7. The molecule has 1 atom stereocenters. The number of likely N-dealkylation sites (tertiary alicyclic amines) is 1. The molecule has 0 N–H and O–H groups in total. The molecular formula is C15H20N4O2. The van der Waals surface area contributed by atoms with Crippen LogP contribution in [0.15, 0.2) is 29.2 Å². The summed E-state index contributed by atoms with van der Waals surface area (Å²) in [5.74, 6) is 1.21. The number of nitrogens with zero attached hydrogens (tertiary/aromatic N) is 4. The van der Waals surface area contributed by atoms with E-state index in [9.17, 15) is 4.79 Å². The van der Waals surface area contributed by atoms with E-state index in [2.05, 4.69) is 21.6 Å². The number of imidazole rings is 1. The third-order valence-corrected chi connectivity index (χ3v) is 4.03. The van der Waals surface area contributed by atoms with Crippen molar-refractivity contribution in [2.24, 2.45) is 0 Å². The van der Waals surface area contributed by atoms with E-state index >= 15 is 0 Å². The fraction of sp³-hybridized carbons (Fsp3) is 0.533. The van der Waals surface area contributed by atoms with E-state index in [4.69, 9.17) is 4.52 Å². The normalized spacial score (nSPS) is 18.9. The molecule has 1 unspecified atom stereocenters. The van der Waals surface area contributed by atoms with E-state index in [1.807, 2.05) is 17.3 Å². The van der Waals surface area contributed by atoms with Gasteiger partial charge in [-0.3, -0.25) is 4.79 Å². The second kappa shape index (κ2) is 6.11. The molecule has 0 spiro atoms. The van der Waals surface area contributed by atoms with Crippen molar-refractivity contribution in [3.8, 4) is 0 Å². The van der Waals surface area contributed by atoms with Gasteiger partial charge in [0.05, 0.1) is 18.2 Å². The van der Waals surface area contributed by atoms with Gasteiger partial charge in [0.25, 0.3) is 0 Å². The van der Waals surface area contributed by atoms with Crippen molar-refractivity contribution in [1.82, 2.24) is 19.6 Å². The maximum absolute atomic E-state index is 12.4. The molecule has 3 heterocycles. The van der Waals surface area contributed by atoms with Gasteiger partial charge in [-0.1, -0.05) is 12.1 Å². The van der Waals surface area contributed by atoms with Crippen molar-refractivity contribution < 1.29 is 9.32 Å². The number of rotatable bonds is 4. The van der Waals surface area contributed by atoms with Gasteiger partial charge in [0.1, 0.15) is 12.1 Å². The number of piperidine rings is 1. The van der Waals surface area contributed by atoms with Crippen LogP contribution in [0, 0.1) is 0 Å². The lowest BCUT2D eigenvalue weighted by atomic mass is 10.0. The lowest BCUT2D eigenvalue weighted by Gasteiger charge is -2.34. The summed E-state index contributed by atoms with van der Waals surface area (Å²) in [6.45, 7) is 3.68. The van der Waals surface area contributed by atoms with Crippen LogP contribution >= 0.6 is 0 Å². The van der Waals surface area contributed by atoms with Gasteiger partial charge in [0.2, 0.25) is 5.91 Å². The first-order valence-corrected chi connectivity index (χ1v) is 7.46. The minimum atomic E-state index is 0.117. The van der Waals surface area contributed by atoms with Gasteiger partial charge in [-0.15, -0.1) is 0 Å². The smallest absolute Gasteiger partial charge is 0.228 e. The Bertz CT molecular complexity index is 591. The second-order valence-electron chi connectivity index (χ2n) is 5.41. The summed E-state index contributed by atoms with van der Waals surface area (Å²) in [7, 11) is 0. The van der Waals surface area contributed by atoms with Crippen molar-refractivity contribution in [1.29, 1.82) is 0 Å². The molecular weight excluding hydrogens is 268 g/mol. The van der Waals surface area contributed by atoms with Crippen molar-refractivity contribution in [2.75, 3.05) is 13.1 Å². The monoisotopic (exact) mass is 288 g/mol. The molecule has 0 aliphatic carbocycles. The first-order valence-electron chi connectivity index (χ1n) is 7.46. The van der Waals surface area contributed by atoms with Gasteiger partial charge in [-0.2, -0.15) is 0 Å². The largest absolute Gasteiger partial charge is 0.364 e. The maximum Gasteiger partial charge on any atom is 0.228 e. The average Bonchev–Trinajstić information content (AvgIpc) is 3.18. The summed E-state index contributed by atoms with van der Waals surface area (Å²) >= 11 is 0. The fourth-order valence-corrected chi connectivity index (χ4v) is 2.95. The lowest BCUT2D eigenvalue weighted by molar-refractivity contribution is -0.132. The van der Waals surface area contributed by atoms with Crippen molar-refractivity contribution >= 4 is 5.91 Å². The minimum Gasteiger partial charge on any atom is -0.364 e. The van der Waals surface area contributed by atoms with Crippen molar-refractivity contribution in [3.63, 3.8) is 0 Å². The molecule has 0 aromatic carbocycles. The molecule has 1 saturated heterocycles. The molecule has 21 heavy (non-hydrogen) atoms.